The molecule has 88 valence electrons. The zero-order valence-electron chi connectivity index (χ0n) is 9.37. The van der Waals surface area contributed by atoms with Crippen LogP contribution in [0.5, 0.6) is 0 Å². The Morgan fingerprint density at radius 1 is 1.29 bits per heavy atom. The van der Waals surface area contributed by atoms with Crippen LogP contribution in [0, 0.1) is 0 Å². The highest BCUT2D eigenvalue weighted by atomic mass is 32.2. The van der Waals surface area contributed by atoms with Crippen molar-refractivity contribution in [3.63, 3.8) is 0 Å². The quantitative estimate of drug-likeness (QED) is 0.904. The molecule has 0 saturated carbocycles. The molecule has 0 spiro atoms. The summed E-state index contributed by atoms with van der Waals surface area (Å²) >= 11 is 1.77. The van der Waals surface area contributed by atoms with Gasteiger partial charge in [0.2, 0.25) is 0 Å². The van der Waals surface area contributed by atoms with Crippen molar-refractivity contribution in [1.82, 2.24) is 0 Å². The molecule has 1 aromatic heterocycles. The van der Waals surface area contributed by atoms with Crippen LogP contribution in [0.1, 0.15) is 11.3 Å². The maximum atomic E-state index is 10.2. The summed E-state index contributed by atoms with van der Waals surface area (Å²) in [5, 5.41) is 10.5. The summed E-state index contributed by atoms with van der Waals surface area (Å²) in [5.74, 6) is 0.856. The number of benzene rings is 1. The summed E-state index contributed by atoms with van der Waals surface area (Å²) < 4.78 is 5.27. The Hall–Kier alpha value is -1.19. The lowest BCUT2D eigenvalue weighted by Gasteiger charge is -2.15. The van der Waals surface area contributed by atoms with E-state index in [-0.39, 0.29) is 11.4 Å². The van der Waals surface area contributed by atoms with Crippen LogP contribution >= 0.6 is 11.8 Å². The molecule has 17 heavy (non-hydrogen) atoms. The molecule has 2 unspecified atom stereocenters. The van der Waals surface area contributed by atoms with Gasteiger partial charge in [-0.05, 0) is 30.2 Å². The fraction of sp³-hybridized carbons (Fsp3) is 0.286. The van der Waals surface area contributed by atoms with E-state index in [0.717, 1.165) is 12.2 Å². The molecule has 1 N–H and O–H groups in total. The van der Waals surface area contributed by atoms with Crippen LogP contribution in [-0.4, -0.2) is 16.5 Å². The lowest BCUT2D eigenvalue weighted by atomic mass is 10.0. The van der Waals surface area contributed by atoms with E-state index >= 15 is 0 Å². The van der Waals surface area contributed by atoms with E-state index in [4.69, 9.17) is 4.42 Å². The van der Waals surface area contributed by atoms with Crippen molar-refractivity contribution >= 4 is 11.8 Å². The zero-order chi connectivity index (χ0) is 11.7. The van der Waals surface area contributed by atoms with E-state index < -0.39 is 0 Å². The highest BCUT2D eigenvalue weighted by molar-refractivity contribution is 8.00. The smallest absolute Gasteiger partial charge is 0.106 e. The summed E-state index contributed by atoms with van der Waals surface area (Å²) in [6.07, 6.45) is 2.85. The van der Waals surface area contributed by atoms with E-state index in [1.807, 2.05) is 18.2 Å². The first kappa shape index (κ1) is 10.9. The van der Waals surface area contributed by atoms with Crippen molar-refractivity contribution in [1.29, 1.82) is 0 Å². The lowest BCUT2D eigenvalue weighted by molar-refractivity contribution is 0.165. The van der Waals surface area contributed by atoms with Gasteiger partial charge in [-0.2, -0.15) is 0 Å². The maximum absolute atomic E-state index is 10.2. The third-order valence-corrected chi connectivity index (χ3v) is 4.53. The molecule has 0 saturated heterocycles. The molecule has 2 nitrogen and oxygen atoms in total. The Morgan fingerprint density at radius 3 is 2.94 bits per heavy atom. The van der Waals surface area contributed by atoms with Crippen LogP contribution in [0.25, 0.3) is 0 Å². The maximum Gasteiger partial charge on any atom is 0.106 e. The molecule has 1 aliphatic rings. The van der Waals surface area contributed by atoms with Crippen molar-refractivity contribution in [3.8, 4) is 0 Å². The second kappa shape index (κ2) is 4.59. The van der Waals surface area contributed by atoms with Gasteiger partial charge in [0.05, 0.1) is 12.4 Å². The van der Waals surface area contributed by atoms with Crippen molar-refractivity contribution in [2.24, 2.45) is 0 Å². The predicted molar refractivity (Wildman–Crippen MR) is 68.2 cm³/mol. The van der Waals surface area contributed by atoms with Crippen molar-refractivity contribution < 1.29 is 9.52 Å². The van der Waals surface area contributed by atoms with Crippen LogP contribution in [0.4, 0.5) is 0 Å². The molecule has 0 aliphatic carbocycles. The van der Waals surface area contributed by atoms with E-state index in [9.17, 15) is 5.11 Å². The number of rotatable bonds is 3. The van der Waals surface area contributed by atoms with Crippen LogP contribution in [-0.2, 0) is 12.8 Å². The Morgan fingerprint density at radius 2 is 2.18 bits per heavy atom. The number of thioether (sulfide) groups is 1. The molecule has 3 rings (SSSR count). The van der Waals surface area contributed by atoms with Crippen LogP contribution in [0.2, 0.25) is 0 Å². The minimum absolute atomic E-state index is 0.248. The largest absolute Gasteiger partial charge is 0.469 e. The minimum Gasteiger partial charge on any atom is -0.469 e. The van der Waals surface area contributed by atoms with Gasteiger partial charge in [0.15, 0.2) is 0 Å². The summed E-state index contributed by atoms with van der Waals surface area (Å²) in [7, 11) is 0. The fourth-order valence-corrected chi connectivity index (χ4v) is 3.49. The van der Waals surface area contributed by atoms with Gasteiger partial charge in [-0.3, -0.25) is 0 Å². The number of hydrogen-bond donors (Lipinski definition) is 1. The average Bonchev–Trinajstić information content (AvgIpc) is 2.96. The molecular formula is C14H14O2S. The van der Waals surface area contributed by atoms with Gasteiger partial charge in [0.1, 0.15) is 5.76 Å². The Bertz CT molecular complexity index is 468. The first-order chi connectivity index (χ1) is 8.33. The third kappa shape index (κ3) is 2.26. The van der Waals surface area contributed by atoms with Gasteiger partial charge in [0.25, 0.3) is 0 Å². The summed E-state index contributed by atoms with van der Waals surface area (Å²) in [6, 6.07) is 12.1. The molecule has 3 heteroatoms. The SMILES string of the molecule is OC(Cc1ccco1)C1Cc2ccccc2S1. The number of aliphatic hydroxyl groups is 1. The van der Waals surface area contributed by atoms with Gasteiger partial charge in [-0.15, -0.1) is 11.8 Å². The van der Waals surface area contributed by atoms with E-state index in [1.54, 1.807) is 18.0 Å². The second-order valence-electron chi connectivity index (χ2n) is 4.32. The topological polar surface area (TPSA) is 33.4 Å². The van der Waals surface area contributed by atoms with E-state index in [2.05, 4.69) is 18.2 Å². The van der Waals surface area contributed by atoms with Gasteiger partial charge in [0, 0.05) is 16.6 Å². The highest BCUT2D eigenvalue weighted by Gasteiger charge is 2.28. The first-order valence-electron chi connectivity index (χ1n) is 5.78. The van der Waals surface area contributed by atoms with E-state index in [1.165, 1.54) is 10.5 Å². The van der Waals surface area contributed by atoms with Crippen molar-refractivity contribution in [3.05, 3.63) is 54.0 Å². The van der Waals surface area contributed by atoms with Crippen LogP contribution < -0.4 is 0 Å². The fourth-order valence-electron chi connectivity index (χ4n) is 2.19. The normalized spacial score (nSPS) is 20.2. The monoisotopic (exact) mass is 246 g/mol. The van der Waals surface area contributed by atoms with Gasteiger partial charge >= 0.3 is 0 Å². The van der Waals surface area contributed by atoms with E-state index in [0.29, 0.717) is 6.42 Å². The Kier molecular flexibility index (Phi) is 2.95. The highest BCUT2D eigenvalue weighted by Crippen LogP contribution is 2.38. The molecule has 0 amide bonds. The Balaban J connectivity index is 1.68. The zero-order valence-corrected chi connectivity index (χ0v) is 10.2. The molecule has 2 atom stereocenters. The van der Waals surface area contributed by atoms with Gasteiger partial charge in [-0.25, -0.2) is 0 Å². The Labute approximate surface area is 105 Å². The predicted octanol–water partition coefficient (Wildman–Crippen LogP) is 2.90. The van der Waals surface area contributed by atoms with Crippen LogP contribution in [0.15, 0.2) is 52.0 Å². The molecule has 2 aromatic rings. The second-order valence-corrected chi connectivity index (χ2v) is 5.60. The van der Waals surface area contributed by atoms with Crippen molar-refractivity contribution in [2.45, 2.75) is 29.1 Å². The molecule has 2 heterocycles. The van der Waals surface area contributed by atoms with Gasteiger partial charge < -0.3 is 9.52 Å². The standard InChI is InChI=1S/C14H14O2S/c15-12(9-11-5-3-7-16-11)14-8-10-4-1-2-6-13(10)17-14/h1-7,12,14-15H,8-9H2. The molecule has 1 aromatic carbocycles. The molecule has 0 bridgehead atoms. The average molecular weight is 246 g/mol. The number of furan rings is 1. The van der Waals surface area contributed by atoms with Crippen LogP contribution in [0.3, 0.4) is 0 Å². The molecule has 1 aliphatic heterocycles. The summed E-state index contributed by atoms with van der Waals surface area (Å²) in [6.45, 7) is 0. The van der Waals surface area contributed by atoms with Crippen molar-refractivity contribution in [2.75, 3.05) is 0 Å². The molecule has 0 fully saturated rings. The number of aliphatic hydroxyl groups excluding tert-OH is 1. The number of fused-ring (bicyclic) bond motifs is 1. The summed E-state index contributed by atoms with van der Waals surface area (Å²) in [4.78, 5) is 1.30. The summed E-state index contributed by atoms with van der Waals surface area (Å²) in [5.41, 5.74) is 1.35. The minimum atomic E-state index is -0.349. The first-order valence-corrected chi connectivity index (χ1v) is 6.66. The molecular weight excluding hydrogens is 232 g/mol. The lowest BCUT2D eigenvalue weighted by Crippen LogP contribution is -2.24. The van der Waals surface area contributed by atoms with Gasteiger partial charge in [-0.1, -0.05) is 18.2 Å². The molecule has 0 radical (unpaired) electrons. The number of hydrogen-bond acceptors (Lipinski definition) is 3. The third-order valence-electron chi connectivity index (χ3n) is 3.09.